The number of nitrogens with zero attached hydrogens (tertiary/aromatic N) is 3. The number of unbranched alkanes of at least 4 members (excludes halogenated alkanes) is 2. The van der Waals surface area contributed by atoms with Crippen LogP contribution in [0.3, 0.4) is 0 Å². The van der Waals surface area contributed by atoms with Crippen LogP contribution in [0.25, 0.3) is 10.9 Å². The molecule has 12 nitrogen and oxygen atoms in total. The lowest BCUT2D eigenvalue weighted by Crippen LogP contribution is -2.42. The van der Waals surface area contributed by atoms with Crippen LogP contribution in [0.5, 0.6) is 0 Å². The van der Waals surface area contributed by atoms with Gasteiger partial charge in [0.1, 0.15) is 12.2 Å². The molecule has 50 heavy (non-hydrogen) atoms. The number of fused-ring (bicyclic) bond motifs is 1. The molecule has 0 unspecified atom stereocenters. The Bertz CT molecular complexity index is 1710. The van der Waals surface area contributed by atoms with Crippen molar-refractivity contribution in [3.63, 3.8) is 0 Å². The molecule has 2 aromatic carbocycles. The number of nitrogens with one attached hydrogen (secondary N) is 2. The van der Waals surface area contributed by atoms with Gasteiger partial charge in [0.05, 0.1) is 0 Å². The second-order valence-electron chi connectivity index (χ2n) is 13.0. The fraction of sp³-hybridized carbons (Fsp3) is 0.474. The fourth-order valence-electron chi connectivity index (χ4n) is 6.73. The van der Waals surface area contributed by atoms with Crippen molar-refractivity contribution in [1.29, 1.82) is 0 Å². The standard InChI is InChI=1S/C38H47N5O7/c1-3-26-11-10-13-30(23-26)41(4-2)35(46)25-42-31-14-8-7-12-28(31)24-32(42)38(49)40-29-18-16-27(17-19-29)37(48)39-22-9-5-6-15-36(47)50-43-33(44)20-21-34(43)45/h7-8,10-14,23-24,27,29H,3-6,9,15-22,25H2,1-2H3,(H,39,48)(H,40,49). The number of aryl methyl sites for hydroxylation is 1. The summed E-state index contributed by atoms with van der Waals surface area (Å²) in [5.41, 5.74) is 3.25. The molecule has 2 heterocycles. The van der Waals surface area contributed by atoms with Crippen molar-refractivity contribution in [3.05, 3.63) is 65.9 Å². The molecule has 2 fully saturated rings. The molecule has 2 aliphatic rings. The summed E-state index contributed by atoms with van der Waals surface area (Å²) in [6, 6.07) is 17.4. The number of benzene rings is 2. The minimum atomic E-state index is -0.618. The topological polar surface area (TPSA) is 147 Å². The van der Waals surface area contributed by atoms with E-state index >= 15 is 0 Å². The summed E-state index contributed by atoms with van der Waals surface area (Å²) in [6.45, 7) is 5.04. The summed E-state index contributed by atoms with van der Waals surface area (Å²) in [7, 11) is 0. The first-order valence-electron chi connectivity index (χ1n) is 17.8. The monoisotopic (exact) mass is 685 g/mol. The molecule has 0 atom stereocenters. The first kappa shape index (κ1) is 36.3. The maximum Gasteiger partial charge on any atom is 0.333 e. The zero-order valence-electron chi connectivity index (χ0n) is 28.9. The number of rotatable bonds is 15. The number of hydrogen-bond acceptors (Lipinski definition) is 7. The predicted molar refractivity (Wildman–Crippen MR) is 188 cm³/mol. The van der Waals surface area contributed by atoms with Gasteiger partial charge >= 0.3 is 5.97 Å². The molecule has 266 valence electrons. The number of hydrogen-bond donors (Lipinski definition) is 2. The van der Waals surface area contributed by atoms with E-state index < -0.39 is 17.8 Å². The third-order valence-corrected chi connectivity index (χ3v) is 9.57. The first-order chi connectivity index (χ1) is 24.2. The Kier molecular flexibility index (Phi) is 12.4. The maximum absolute atomic E-state index is 13.7. The summed E-state index contributed by atoms with van der Waals surface area (Å²) in [5, 5.41) is 7.59. The van der Waals surface area contributed by atoms with Crippen LogP contribution in [-0.4, -0.2) is 64.3 Å². The van der Waals surface area contributed by atoms with E-state index in [-0.39, 0.29) is 55.5 Å². The van der Waals surface area contributed by atoms with Gasteiger partial charge < -0.3 is 24.9 Å². The van der Waals surface area contributed by atoms with Gasteiger partial charge in [-0.3, -0.25) is 24.0 Å². The van der Waals surface area contributed by atoms with Gasteiger partial charge in [0, 0.05) is 60.9 Å². The van der Waals surface area contributed by atoms with Gasteiger partial charge in [0.15, 0.2) is 0 Å². The number of para-hydroxylation sites is 1. The Morgan fingerprint density at radius 2 is 1.62 bits per heavy atom. The van der Waals surface area contributed by atoms with Crippen molar-refractivity contribution < 1.29 is 33.6 Å². The second kappa shape index (κ2) is 17.1. The summed E-state index contributed by atoms with van der Waals surface area (Å²) in [6.07, 6.45) is 5.61. The van der Waals surface area contributed by atoms with Crippen molar-refractivity contribution in [2.24, 2.45) is 5.92 Å². The Labute approximate surface area is 292 Å². The number of carbonyl (C=O) groups excluding carboxylic acids is 6. The number of hydroxylamine groups is 2. The lowest BCUT2D eigenvalue weighted by Gasteiger charge is -2.28. The minimum Gasteiger partial charge on any atom is -0.356 e. The molecule has 5 rings (SSSR count). The van der Waals surface area contributed by atoms with Crippen molar-refractivity contribution >= 4 is 52.1 Å². The zero-order valence-corrected chi connectivity index (χ0v) is 28.9. The maximum atomic E-state index is 13.7. The lowest BCUT2D eigenvalue weighted by atomic mass is 9.85. The molecule has 0 spiro atoms. The van der Waals surface area contributed by atoms with Crippen LogP contribution in [0, 0.1) is 5.92 Å². The van der Waals surface area contributed by atoms with E-state index in [0.29, 0.717) is 68.8 Å². The SMILES string of the molecule is CCc1cccc(N(CC)C(=O)Cn2c(C(=O)NC3CCC(C(=O)NCCCCCC(=O)ON4C(=O)CCC4=O)CC3)cc3ccccc32)c1. The molecule has 1 aliphatic carbocycles. The number of imide groups is 1. The van der Waals surface area contributed by atoms with Crippen LogP contribution in [0.15, 0.2) is 54.6 Å². The molecule has 1 saturated carbocycles. The Hall–Kier alpha value is -5.00. The van der Waals surface area contributed by atoms with Crippen LogP contribution in [0.2, 0.25) is 0 Å². The highest BCUT2D eigenvalue weighted by Crippen LogP contribution is 2.26. The van der Waals surface area contributed by atoms with E-state index in [9.17, 15) is 28.8 Å². The molecule has 0 radical (unpaired) electrons. The largest absolute Gasteiger partial charge is 0.356 e. The summed E-state index contributed by atoms with van der Waals surface area (Å²) >= 11 is 0. The van der Waals surface area contributed by atoms with E-state index in [4.69, 9.17) is 4.84 Å². The Morgan fingerprint density at radius 3 is 2.34 bits per heavy atom. The van der Waals surface area contributed by atoms with Gasteiger partial charge in [-0.05, 0) is 81.7 Å². The molecule has 1 aliphatic heterocycles. The number of anilines is 1. The number of aromatic nitrogens is 1. The zero-order chi connectivity index (χ0) is 35.6. The molecule has 12 heteroatoms. The summed E-state index contributed by atoms with van der Waals surface area (Å²) in [4.78, 5) is 81.9. The average molecular weight is 686 g/mol. The average Bonchev–Trinajstić information content (AvgIpc) is 3.65. The third-order valence-electron chi connectivity index (χ3n) is 9.57. The van der Waals surface area contributed by atoms with Crippen molar-refractivity contribution in [2.75, 3.05) is 18.0 Å². The number of carbonyl (C=O) groups is 6. The number of likely N-dealkylation sites (N-methyl/N-ethyl adjacent to an activating group) is 1. The first-order valence-corrected chi connectivity index (χ1v) is 17.8. The summed E-state index contributed by atoms with van der Waals surface area (Å²) < 4.78 is 1.80. The van der Waals surface area contributed by atoms with Crippen LogP contribution in [-0.2, 0) is 41.8 Å². The quantitative estimate of drug-likeness (QED) is 0.172. The fourth-order valence-corrected chi connectivity index (χ4v) is 6.73. The van der Waals surface area contributed by atoms with Gasteiger partial charge in [-0.25, -0.2) is 4.79 Å². The van der Waals surface area contributed by atoms with Gasteiger partial charge in [-0.1, -0.05) is 43.7 Å². The second-order valence-corrected chi connectivity index (χ2v) is 13.0. The third kappa shape index (κ3) is 8.96. The van der Waals surface area contributed by atoms with Crippen molar-refractivity contribution in [1.82, 2.24) is 20.3 Å². The van der Waals surface area contributed by atoms with E-state index in [1.165, 1.54) is 0 Å². The molecule has 5 amide bonds. The van der Waals surface area contributed by atoms with E-state index in [2.05, 4.69) is 17.6 Å². The van der Waals surface area contributed by atoms with Gasteiger partial charge in [-0.15, -0.1) is 5.06 Å². The van der Waals surface area contributed by atoms with Gasteiger partial charge in [0.2, 0.25) is 11.8 Å². The lowest BCUT2D eigenvalue weighted by molar-refractivity contribution is -0.197. The smallest absolute Gasteiger partial charge is 0.333 e. The van der Waals surface area contributed by atoms with Gasteiger partial charge in [-0.2, -0.15) is 0 Å². The van der Waals surface area contributed by atoms with Crippen LogP contribution in [0.1, 0.15) is 94.1 Å². The van der Waals surface area contributed by atoms with Crippen LogP contribution in [0.4, 0.5) is 5.69 Å². The predicted octanol–water partition coefficient (Wildman–Crippen LogP) is 4.83. The van der Waals surface area contributed by atoms with Crippen LogP contribution < -0.4 is 15.5 Å². The molecule has 0 bridgehead atoms. The highest BCUT2D eigenvalue weighted by Gasteiger charge is 2.33. The molecular weight excluding hydrogens is 638 g/mol. The molecule has 1 aromatic heterocycles. The highest BCUT2D eigenvalue weighted by molar-refractivity contribution is 6.02. The highest BCUT2D eigenvalue weighted by atomic mass is 16.7. The van der Waals surface area contributed by atoms with Crippen molar-refractivity contribution in [2.45, 2.75) is 97.1 Å². The van der Waals surface area contributed by atoms with Gasteiger partial charge in [0.25, 0.3) is 17.7 Å². The minimum absolute atomic E-state index is 0.0103. The Balaban J connectivity index is 1.07. The van der Waals surface area contributed by atoms with Crippen molar-refractivity contribution in [3.8, 4) is 0 Å². The Morgan fingerprint density at radius 1 is 0.880 bits per heavy atom. The van der Waals surface area contributed by atoms with Crippen LogP contribution >= 0.6 is 0 Å². The molecular formula is C38H47N5O7. The normalized spacial score (nSPS) is 17.5. The molecule has 1 saturated heterocycles. The molecule has 2 N–H and O–H groups in total. The van der Waals surface area contributed by atoms with E-state index in [1.807, 2.05) is 61.5 Å². The molecule has 3 aromatic rings. The van der Waals surface area contributed by atoms with E-state index in [1.54, 1.807) is 9.47 Å². The summed E-state index contributed by atoms with van der Waals surface area (Å²) in [5.74, 6) is -2.09. The number of amides is 5. The van der Waals surface area contributed by atoms with E-state index in [0.717, 1.165) is 28.6 Å².